The second kappa shape index (κ2) is 10.7. The number of nitrogens with zero attached hydrogens (tertiary/aromatic N) is 1. The van der Waals surface area contributed by atoms with Gasteiger partial charge in [-0.3, -0.25) is 9.59 Å². The van der Waals surface area contributed by atoms with Crippen molar-refractivity contribution in [3.63, 3.8) is 0 Å². The molecule has 0 heterocycles. The Morgan fingerprint density at radius 3 is 2.29 bits per heavy atom. The van der Waals surface area contributed by atoms with E-state index in [1.807, 2.05) is 73.7 Å². The van der Waals surface area contributed by atoms with Gasteiger partial charge in [-0.15, -0.1) is 0 Å². The van der Waals surface area contributed by atoms with Gasteiger partial charge >= 0.3 is 0 Å². The molecule has 0 aliphatic heterocycles. The van der Waals surface area contributed by atoms with Crippen LogP contribution >= 0.6 is 0 Å². The number of carbonyl (C=O) groups excluding carboxylic acids is 2. The molecular formula is C25H25N3O3. The van der Waals surface area contributed by atoms with Crippen LogP contribution in [0.25, 0.3) is 11.1 Å². The van der Waals surface area contributed by atoms with Crippen LogP contribution in [-0.2, 0) is 9.59 Å². The minimum atomic E-state index is -0.394. The van der Waals surface area contributed by atoms with Gasteiger partial charge in [-0.2, -0.15) is 5.10 Å². The monoisotopic (exact) mass is 415 g/mol. The number of amides is 2. The molecule has 0 spiro atoms. The molecule has 0 atom stereocenters. The normalized spacial score (nSPS) is 11.0. The first-order valence-corrected chi connectivity index (χ1v) is 9.97. The van der Waals surface area contributed by atoms with Crippen molar-refractivity contribution >= 4 is 23.2 Å². The fourth-order valence-electron chi connectivity index (χ4n) is 2.90. The minimum Gasteiger partial charge on any atom is -0.484 e. The molecular weight excluding hydrogens is 390 g/mol. The molecule has 31 heavy (non-hydrogen) atoms. The Kier molecular flexibility index (Phi) is 7.54. The SMILES string of the molecule is C/C(CC(=O)Nc1ccccc1-c1ccccc1)=N\NC(=O)COc1ccc(C)cc1. The molecule has 0 aliphatic carbocycles. The van der Waals surface area contributed by atoms with Crippen molar-refractivity contribution in [1.82, 2.24) is 5.43 Å². The van der Waals surface area contributed by atoms with Crippen molar-refractivity contribution < 1.29 is 14.3 Å². The highest BCUT2D eigenvalue weighted by Crippen LogP contribution is 2.27. The molecule has 0 unspecified atom stereocenters. The molecule has 0 saturated carbocycles. The van der Waals surface area contributed by atoms with Gasteiger partial charge in [-0.1, -0.05) is 66.2 Å². The maximum atomic E-state index is 12.5. The Balaban J connectivity index is 1.51. The van der Waals surface area contributed by atoms with Gasteiger partial charge < -0.3 is 10.1 Å². The Hall–Kier alpha value is -3.93. The molecule has 0 fully saturated rings. The molecule has 0 radical (unpaired) electrons. The van der Waals surface area contributed by atoms with Gasteiger partial charge in [0.2, 0.25) is 5.91 Å². The number of rotatable bonds is 8. The highest BCUT2D eigenvalue weighted by Gasteiger charge is 2.10. The van der Waals surface area contributed by atoms with Gasteiger partial charge in [0.1, 0.15) is 5.75 Å². The van der Waals surface area contributed by atoms with Crippen molar-refractivity contribution in [3.8, 4) is 16.9 Å². The number of hydrogen-bond acceptors (Lipinski definition) is 4. The zero-order valence-electron chi connectivity index (χ0n) is 17.6. The van der Waals surface area contributed by atoms with E-state index in [-0.39, 0.29) is 18.9 Å². The van der Waals surface area contributed by atoms with Crippen LogP contribution in [-0.4, -0.2) is 24.1 Å². The molecule has 3 rings (SSSR count). The summed E-state index contributed by atoms with van der Waals surface area (Å²) in [6, 6.07) is 24.9. The van der Waals surface area contributed by atoms with E-state index in [0.717, 1.165) is 22.4 Å². The van der Waals surface area contributed by atoms with E-state index < -0.39 is 5.91 Å². The Bertz CT molecular complexity index is 1060. The lowest BCUT2D eigenvalue weighted by Gasteiger charge is -2.11. The number of hydrazone groups is 1. The number of benzene rings is 3. The largest absolute Gasteiger partial charge is 0.484 e. The van der Waals surface area contributed by atoms with E-state index in [1.165, 1.54) is 0 Å². The fraction of sp³-hybridized carbons (Fsp3) is 0.160. The lowest BCUT2D eigenvalue weighted by atomic mass is 10.0. The third-order valence-corrected chi connectivity index (χ3v) is 4.46. The number of carbonyl (C=O) groups is 2. The van der Waals surface area contributed by atoms with Crippen LogP contribution in [0.1, 0.15) is 18.9 Å². The number of hydrogen-bond donors (Lipinski definition) is 2. The van der Waals surface area contributed by atoms with E-state index >= 15 is 0 Å². The lowest BCUT2D eigenvalue weighted by Crippen LogP contribution is -2.26. The molecule has 2 amide bonds. The van der Waals surface area contributed by atoms with Gasteiger partial charge in [0.15, 0.2) is 6.61 Å². The van der Waals surface area contributed by atoms with Crippen LogP contribution in [0.3, 0.4) is 0 Å². The van der Waals surface area contributed by atoms with E-state index in [1.54, 1.807) is 19.1 Å². The third kappa shape index (κ3) is 6.82. The number of nitrogens with one attached hydrogen (secondary N) is 2. The number of para-hydroxylation sites is 1. The predicted octanol–water partition coefficient (Wildman–Crippen LogP) is 4.56. The molecule has 6 heteroatoms. The summed E-state index contributed by atoms with van der Waals surface area (Å²) in [4.78, 5) is 24.4. The topological polar surface area (TPSA) is 79.8 Å². The zero-order chi connectivity index (χ0) is 22.1. The van der Waals surface area contributed by atoms with Gasteiger partial charge in [-0.25, -0.2) is 5.43 Å². The standard InChI is InChI=1S/C25H25N3O3/c1-18-12-14-21(15-13-18)31-17-25(30)28-27-19(2)16-24(29)26-23-11-7-6-10-22(23)20-8-4-3-5-9-20/h3-15H,16-17H2,1-2H3,(H,26,29)(H,28,30)/b27-19+. The average Bonchev–Trinajstić information content (AvgIpc) is 2.78. The lowest BCUT2D eigenvalue weighted by molar-refractivity contribution is -0.123. The number of anilines is 1. The molecule has 3 aromatic rings. The first-order chi connectivity index (χ1) is 15.0. The van der Waals surface area contributed by atoms with E-state index in [2.05, 4.69) is 15.8 Å². The molecule has 6 nitrogen and oxygen atoms in total. The second-order valence-electron chi connectivity index (χ2n) is 7.12. The predicted molar refractivity (Wildman–Crippen MR) is 123 cm³/mol. The first-order valence-electron chi connectivity index (χ1n) is 9.97. The molecule has 158 valence electrons. The zero-order valence-corrected chi connectivity index (χ0v) is 17.6. The maximum absolute atomic E-state index is 12.5. The summed E-state index contributed by atoms with van der Waals surface area (Å²) in [6.45, 7) is 3.50. The summed E-state index contributed by atoms with van der Waals surface area (Å²) in [5.41, 5.74) is 6.69. The highest BCUT2D eigenvalue weighted by molar-refractivity contribution is 6.07. The minimum absolute atomic E-state index is 0.0578. The third-order valence-electron chi connectivity index (χ3n) is 4.46. The molecule has 0 bridgehead atoms. The molecule has 3 aromatic carbocycles. The van der Waals surface area contributed by atoms with E-state index in [9.17, 15) is 9.59 Å². The van der Waals surface area contributed by atoms with E-state index in [4.69, 9.17) is 4.74 Å². The number of ether oxygens (including phenoxy) is 1. The van der Waals surface area contributed by atoms with Crippen LogP contribution in [0.5, 0.6) is 5.75 Å². The van der Waals surface area contributed by atoms with Crippen LogP contribution in [0.4, 0.5) is 5.69 Å². The summed E-state index contributed by atoms with van der Waals surface area (Å²) in [6.07, 6.45) is 0.0578. The van der Waals surface area contributed by atoms with Crippen LogP contribution in [0.15, 0.2) is 84.0 Å². The summed E-state index contributed by atoms with van der Waals surface area (Å²) in [7, 11) is 0. The summed E-state index contributed by atoms with van der Waals surface area (Å²) in [5, 5.41) is 6.91. The number of aryl methyl sites for hydroxylation is 1. The van der Waals surface area contributed by atoms with Crippen LogP contribution in [0.2, 0.25) is 0 Å². The van der Waals surface area contributed by atoms with Crippen molar-refractivity contribution in [2.24, 2.45) is 5.10 Å². The van der Waals surface area contributed by atoms with Gasteiger partial charge in [0.05, 0.1) is 6.42 Å². The Labute approximate surface area is 182 Å². The molecule has 0 aromatic heterocycles. The quantitative estimate of drug-likeness (QED) is 0.418. The smallest absolute Gasteiger partial charge is 0.277 e. The first kappa shape index (κ1) is 21.8. The molecule has 2 N–H and O–H groups in total. The fourth-order valence-corrected chi connectivity index (χ4v) is 2.90. The Morgan fingerprint density at radius 2 is 1.55 bits per heavy atom. The molecule has 0 saturated heterocycles. The van der Waals surface area contributed by atoms with Gasteiger partial charge in [-0.05, 0) is 37.6 Å². The summed E-state index contributed by atoms with van der Waals surface area (Å²) >= 11 is 0. The second-order valence-corrected chi connectivity index (χ2v) is 7.12. The van der Waals surface area contributed by atoms with Crippen LogP contribution in [0, 0.1) is 6.92 Å². The maximum Gasteiger partial charge on any atom is 0.277 e. The summed E-state index contributed by atoms with van der Waals surface area (Å²) < 4.78 is 5.41. The Morgan fingerprint density at radius 1 is 0.871 bits per heavy atom. The average molecular weight is 415 g/mol. The van der Waals surface area contributed by atoms with Crippen molar-refractivity contribution in [1.29, 1.82) is 0 Å². The van der Waals surface area contributed by atoms with Crippen LogP contribution < -0.4 is 15.5 Å². The van der Waals surface area contributed by atoms with Crippen molar-refractivity contribution in [2.45, 2.75) is 20.3 Å². The van der Waals surface area contributed by atoms with Gasteiger partial charge in [0.25, 0.3) is 5.91 Å². The highest BCUT2D eigenvalue weighted by atomic mass is 16.5. The van der Waals surface area contributed by atoms with Gasteiger partial charge in [0, 0.05) is 17.0 Å². The van der Waals surface area contributed by atoms with Crippen molar-refractivity contribution in [2.75, 3.05) is 11.9 Å². The molecule has 0 aliphatic rings. The van der Waals surface area contributed by atoms with Crippen molar-refractivity contribution in [3.05, 3.63) is 84.4 Å². The van der Waals surface area contributed by atoms with E-state index in [0.29, 0.717) is 11.5 Å². The summed E-state index contributed by atoms with van der Waals surface area (Å²) in [5.74, 6) is 0.00227.